The number of anilines is 1. The zero-order chi connectivity index (χ0) is 17.5. The Morgan fingerprint density at radius 2 is 2.04 bits per heavy atom. The summed E-state index contributed by atoms with van der Waals surface area (Å²) in [5.74, 6) is 0.226. The molecule has 1 aromatic rings. The van der Waals surface area contributed by atoms with Gasteiger partial charge in [0.1, 0.15) is 5.82 Å². The monoisotopic (exact) mass is 343 g/mol. The van der Waals surface area contributed by atoms with E-state index in [9.17, 15) is 23.1 Å². The second-order valence-electron chi connectivity index (χ2n) is 6.63. The fourth-order valence-electron chi connectivity index (χ4n) is 3.19. The minimum absolute atomic E-state index is 0.100. The molecule has 0 bridgehead atoms. The zero-order valence-electron chi connectivity index (χ0n) is 13.4. The second kappa shape index (κ2) is 5.91. The predicted molar refractivity (Wildman–Crippen MR) is 81.8 cm³/mol. The lowest BCUT2D eigenvalue weighted by Crippen LogP contribution is -2.69. The largest absolute Gasteiger partial charge is 0.420 e. The lowest BCUT2D eigenvalue weighted by atomic mass is 9.93. The van der Waals surface area contributed by atoms with Crippen molar-refractivity contribution in [2.75, 3.05) is 24.5 Å². The van der Waals surface area contributed by atoms with Crippen molar-refractivity contribution in [2.24, 2.45) is 0 Å². The van der Waals surface area contributed by atoms with Crippen LogP contribution in [0.4, 0.5) is 19.0 Å². The molecule has 0 aliphatic carbocycles. The average molecular weight is 343 g/mol. The number of aromatic nitrogens is 1. The molecular formula is C16H20F3N3O2. The maximum absolute atomic E-state index is 12.6. The summed E-state index contributed by atoms with van der Waals surface area (Å²) in [6.07, 6.45) is -0.195. The number of carbonyl (C=O) groups excluding carboxylic acids is 1. The van der Waals surface area contributed by atoms with Crippen LogP contribution in [0.3, 0.4) is 0 Å². The van der Waals surface area contributed by atoms with Crippen molar-refractivity contribution in [1.82, 2.24) is 9.88 Å². The fraction of sp³-hybridized carbons (Fsp3) is 0.625. The van der Waals surface area contributed by atoms with Gasteiger partial charge in [0.05, 0.1) is 18.7 Å². The molecule has 2 fully saturated rings. The number of β-amino-alcohol motifs (C(OH)–C–C–N with tert-alkyl or cyclic N) is 1. The molecule has 1 atom stereocenters. The number of nitrogens with zero attached hydrogens (tertiary/aromatic N) is 3. The van der Waals surface area contributed by atoms with Gasteiger partial charge in [-0.1, -0.05) is 0 Å². The molecule has 5 nitrogen and oxygen atoms in total. The number of amides is 1. The summed E-state index contributed by atoms with van der Waals surface area (Å²) in [5, 5.41) is 9.47. The molecule has 1 aromatic heterocycles. The summed E-state index contributed by atoms with van der Waals surface area (Å²) in [6.45, 7) is 1.64. The maximum Gasteiger partial charge on any atom is 0.420 e. The molecule has 0 spiro atoms. The number of hydrogen-bond acceptors (Lipinski definition) is 4. The molecule has 1 amide bonds. The maximum atomic E-state index is 12.6. The lowest BCUT2D eigenvalue weighted by Gasteiger charge is -2.47. The molecule has 0 unspecified atom stereocenters. The van der Waals surface area contributed by atoms with Gasteiger partial charge >= 0.3 is 6.18 Å². The number of aliphatic hydroxyl groups is 1. The van der Waals surface area contributed by atoms with E-state index < -0.39 is 24.9 Å². The fourth-order valence-corrected chi connectivity index (χ4v) is 3.19. The van der Waals surface area contributed by atoms with E-state index in [2.05, 4.69) is 4.98 Å². The van der Waals surface area contributed by atoms with Crippen LogP contribution in [0.1, 0.15) is 36.5 Å². The minimum Gasteiger partial charge on any atom is -0.378 e. The molecule has 2 saturated heterocycles. The Balaban J connectivity index is 1.65. The van der Waals surface area contributed by atoms with E-state index in [1.165, 1.54) is 17.2 Å². The van der Waals surface area contributed by atoms with Gasteiger partial charge in [0.25, 0.3) is 5.91 Å². The zero-order valence-corrected chi connectivity index (χ0v) is 13.4. The number of rotatable bonds is 2. The Morgan fingerprint density at radius 1 is 1.33 bits per heavy atom. The number of hydrogen-bond donors (Lipinski definition) is 1. The van der Waals surface area contributed by atoms with Crippen LogP contribution in [0.25, 0.3) is 0 Å². The molecule has 2 aliphatic heterocycles. The Bertz CT molecular complexity index is 612. The summed E-state index contributed by atoms with van der Waals surface area (Å²) < 4.78 is 37.9. The summed E-state index contributed by atoms with van der Waals surface area (Å²) in [6, 6.07) is 3.29. The molecule has 0 aromatic carbocycles. The van der Waals surface area contributed by atoms with Crippen molar-refractivity contribution >= 4 is 11.7 Å². The molecule has 8 heteroatoms. The first-order chi connectivity index (χ1) is 11.2. The number of halogens is 3. The molecule has 132 valence electrons. The van der Waals surface area contributed by atoms with Gasteiger partial charge < -0.3 is 14.9 Å². The number of piperidine rings is 1. The second-order valence-corrected chi connectivity index (χ2v) is 6.63. The summed E-state index contributed by atoms with van der Waals surface area (Å²) in [7, 11) is 0. The first-order valence-electron chi connectivity index (χ1n) is 8.02. The van der Waals surface area contributed by atoms with E-state index in [0.29, 0.717) is 17.9 Å². The van der Waals surface area contributed by atoms with Crippen LogP contribution in [0.15, 0.2) is 18.3 Å². The first kappa shape index (κ1) is 17.0. The summed E-state index contributed by atoms with van der Waals surface area (Å²) in [5.41, 5.74) is -2.24. The highest BCUT2D eigenvalue weighted by Gasteiger charge is 2.61. The van der Waals surface area contributed by atoms with E-state index in [0.717, 1.165) is 19.3 Å². The van der Waals surface area contributed by atoms with Crippen molar-refractivity contribution in [2.45, 2.75) is 44.0 Å². The first-order valence-corrected chi connectivity index (χ1v) is 8.02. The molecule has 3 heterocycles. The van der Waals surface area contributed by atoms with Crippen LogP contribution in [0.5, 0.6) is 0 Å². The highest BCUT2D eigenvalue weighted by molar-refractivity contribution is 5.94. The lowest BCUT2D eigenvalue weighted by molar-refractivity contribution is -0.267. The summed E-state index contributed by atoms with van der Waals surface area (Å²) in [4.78, 5) is 19.7. The van der Waals surface area contributed by atoms with Gasteiger partial charge in [-0.05, 0) is 38.3 Å². The van der Waals surface area contributed by atoms with Crippen molar-refractivity contribution in [3.8, 4) is 0 Å². The van der Waals surface area contributed by atoms with Crippen molar-refractivity contribution in [1.29, 1.82) is 0 Å². The quantitative estimate of drug-likeness (QED) is 0.895. The van der Waals surface area contributed by atoms with Crippen LogP contribution in [-0.2, 0) is 0 Å². The SMILES string of the molecule is C[C@H]1CCCCN1C(=O)c1ccc(N2CC(O)(C(F)(F)F)C2)nc1. The number of carbonyl (C=O) groups is 1. The Kier molecular flexibility index (Phi) is 4.19. The molecular weight excluding hydrogens is 323 g/mol. The van der Waals surface area contributed by atoms with Crippen LogP contribution < -0.4 is 4.90 Å². The van der Waals surface area contributed by atoms with Gasteiger partial charge in [-0.3, -0.25) is 4.79 Å². The molecule has 3 rings (SSSR count). The predicted octanol–water partition coefficient (Wildman–Crippen LogP) is 2.21. The van der Waals surface area contributed by atoms with E-state index in [4.69, 9.17) is 0 Å². The Hall–Kier alpha value is -1.83. The molecule has 0 radical (unpaired) electrons. The third kappa shape index (κ3) is 2.94. The van der Waals surface area contributed by atoms with Gasteiger partial charge in [0, 0.05) is 18.8 Å². The van der Waals surface area contributed by atoms with Crippen molar-refractivity contribution in [3.05, 3.63) is 23.9 Å². The van der Waals surface area contributed by atoms with E-state index in [-0.39, 0.29) is 11.9 Å². The van der Waals surface area contributed by atoms with E-state index in [1.54, 1.807) is 6.07 Å². The van der Waals surface area contributed by atoms with E-state index >= 15 is 0 Å². The highest BCUT2D eigenvalue weighted by atomic mass is 19.4. The third-order valence-corrected chi connectivity index (χ3v) is 4.82. The van der Waals surface area contributed by atoms with Gasteiger partial charge in [0.15, 0.2) is 5.60 Å². The minimum atomic E-state index is -4.65. The average Bonchev–Trinajstić information content (AvgIpc) is 2.51. The topological polar surface area (TPSA) is 56.7 Å². The Morgan fingerprint density at radius 3 is 2.58 bits per heavy atom. The third-order valence-electron chi connectivity index (χ3n) is 4.82. The van der Waals surface area contributed by atoms with Crippen LogP contribution >= 0.6 is 0 Å². The molecule has 0 saturated carbocycles. The Labute approximate surface area is 138 Å². The number of alkyl halides is 3. The molecule has 1 N–H and O–H groups in total. The van der Waals surface area contributed by atoms with Crippen LogP contribution in [-0.4, -0.2) is 58.4 Å². The standard InChI is InChI=1S/C16H20F3N3O2/c1-11-4-2-3-7-22(11)14(23)12-5-6-13(20-8-12)21-9-15(24,10-21)16(17,18)19/h5-6,8,11,24H,2-4,7,9-10H2,1H3/t11-/m0/s1. The normalized spacial score (nSPS) is 23.8. The van der Waals surface area contributed by atoms with Gasteiger partial charge in [0.2, 0.25) is 0 Å². The van der Waals surface area contributed by atoms with Crippen LogP contribution in [0.2, 0.25) is 0 Å². The van der Waals surface area contributed by atoms with E-state index in [1.807, 2.05) is 11.8 Å². The van der Waals surface area contributed by atoms with Crippen LogP contribution in [0, 0.1) is 0 Å². The van der Waals surface area contributed by atoms with Crippen molar-refractivity contribution < 1.29 is 23.1 Å². The molecule has 24 heavy (non-hydrogen) atoms. The van der Waals surface area contributed by atoms with Gasteiger partial charge in [-0.15, -0.1) is 0 Å². The highest BCUT2D eigenvalue weighted by Crippen LogP contribution is 2.39. The summed E-state index contributed by atoms with van der Waals surface area (Å²) >= 11 is 0. The van der Waals surface area contributed by atoms with Crippen molar-refractivity contribution in [3.63, 3.8) is 0 Å². The number of likely N-dealkylation sites (tertiary alicyclic amines) is 1. The number of pyridine rings is 1. The smallest absolute Gasteiger partial charge is 0.378 e. The molecule has 2 aliphatic rings. The van der Waals surface area contributed by atoms with Gasteiger partial charge in [-0.2, -0.15) is 13.2 Å². The van der Waals surface area contributed by atoms with Gasteiger partial charge in [-0.25, -0.2) is 4.98 Å².